The lowest BCUT2D eigenvalue weighted by atomic mass is 10.1. The number of nitrogens with two attached hydrogens (primary N) is 1. The van der Waals surface area contributed by atoms with Crippen molar-refractivity contribution >= 4 is 29.3 Å². The fourth-order valence-electron chi connectivity index (χ4n) is 2.57. The molecule has 124 valence electrons. The SMILES string of the molecule is O=C(C[C@@H]1[NH2+]CCNC1=O)Nc1ccccc1Sc1ccccc1. The minimum absolute atomic E-state index is 0.0663. The summed E-state index contributed by atoms with van der Waals surface area (Å²) in [5.74, 6) is -0.210. The first-order valence-electron chi connectivity index (χ1n) is 7.95. The van der Waals surface area contributed by atoms with Gasteiger partial charge in [0.2, 0.25) is 5.91 Å². The molecular formula is C18H20N3O2S+. The number of rotatable bonds is 5. The molecule has 3 rings (SSSR count). The number of carbonyl (C=O) groups is 2. The number of carbonyl (C=O) groups excluding carboxylic acids is 2. The van der Waals surface area contributed by atoms with Gasteiger partial charge < -0.3 is 16.0 Å². The predicted octanol–water partition coefficient (Wildman–Crippen LogP) is 1.23. The Hall–Kier alpha value is -2.31. The zero-order chi connectivity index (χ0) is 16.8. The van der Waals surface area contributed by atoms with Gasteiger partial charge in [-0.1, -0.05) is 42.1 Å². The number of piperazine rings is 1. The number of hydrogen-bond donors (Lipinski definition) is 3. The molecule has 2 aromatic carbocycles. The largest absolute Gasteiger partial charge is 0.345 e. The van der Waals surface area contributed by atoms with Gasteiger partial charge in [-0.05, 0) is 24.3 Å². The molecule has 1 saturated heterocycles. The number of quaternary nitrogens is 1. The Balaban J connectivity index is 1.66. The van der Waals surface area contributed by atoms with E-state index in [9.17, 15) is 9.59 Å². The Bertz CT molecular complexity index is 721. The van der Waals surface area contributed by atoms with Crippen molar-refractivity contribution in [2.75, 3.05) is 18.4 Å². The van der Waals surface area contributed by atoms with Crippen LogP contribution in [0.2, 0.25) is 0 Å². The van der Waals surface area contributed by atoms with Crippen molar-refractivity contribution in [2.45, 2.75) is 22.3 Å². The third kappa shape index (κ3) is 4.37. The van der Waals surface area contributed by atoms with Gasteiger partial charge in [-0.3, -0.25) is 9.59 Å². The fraction of sp³-hybridized carbons (Fsp3) is 0.222. The van der Waals surface area contributed by atoms with Crippen LogP contribution in [0.5, 0.6) is 0 Å². The second-order valence-corrected chi connectivity index (χ2v) is 6.70. The average Bonchev–Trinajstić information content (AvgIpc) is 2.60. The maximum absolute atomic E-state index is 12.3. The summed E-state index contributed by atoms with van der Waals surface area (Å²) in [6.45, 7) is 1.47. The van der Waals surface area contributed by atoms with E-state index in [1.54, 1.807) is 11.8 Å². The summed E-state index contributed by atoms with van der Waals surface area (Å²) >= 11 is 1.60. The number of anilines is 1. The Morgan fingerprint density at radius 1 is 1.17 bits per heavy atom. The maximum Gasteiger partial charge on any atom is 0.278 e. The molecular weight excluding hydrogens is 322 g/mol. The third-order valence-corrected chi connectivity index (χ3v) is 4.85. The monoisotopic (exact) mass is 342 g/mol. The van der Waals surface area contributed by atoms with E-state index in [0.717, 1.165) is 22.0 Å². The van der Waals surface area contributed by atoms with E-state index in [4.69, 9.17) is 0 Å². The molecule has 1 fully saturated rings. The van der Waals surface area contributed by atoms with Gasteiger partial charge in [0.15, 0.2) is 6.04 Å². The standard InChI is InChI=1S/C18H19N3O2S/c22-17(12-15-18(23)20-11-10-19-15)21-14-8-4-5-9-16(14)24-13-6-2-1-3-7-13/h1-9,15,19H,10-12H2,(H,20,23)(H,21,22)/p+1/t15-/m0/s1. The maximum atomic E-state index is 12.3. The molecule has 24 heavy (non-hydrogen) atoms. The molecule has 1 heterocycles. The Labute approximate surface area is 145 Å². The molecule has 0 aliphatic carbocycles. The molecule has 0 bridgehead atoms. The highest BCUT2D eigenvalue weighted by Gasteiger charge is 2.28. The molecule has 0 radical (unpaired) electrons. The first kappa shape index (κ1) is 16.5. The minimum atomic E-state index is -0.340. The Kier molecular flexibility index (Phi) is 5.51. The minimum Gasteiger partial charge on any atom is -0.345 e. The second kappa shape index (κ2) is 7.99. The zero-order valence-electron chi connectivity index (χ0n) is 13.2. The van der Waals surface area contributed by atoms with Crippen LogP contribution >= 0.6 is 11.8 Å². The number of hydrogen-bond acceptors (Lipinski definition) is 3. The van der Waals surface area contributed by atoms with E-state index in [-0.39, 0.29) is 24.3 Å². The molecule has 1 aliphatic rings. The first-order chi connectivity index (χ1) is 11.7. The van der Waals surface area contributed by atoms with Crippen LogP contribution in [-0.2, 0) is 9.59 Å². The van der Waals surface area contributed by atoms with Crippen LogP contribution in [0.3, 0.4) is 0 Å². The molecule has 0 aromatic heterocycles. The first-order valence-corrected chi connectivity index (χ1v) is 8.77. The zero-order valence-corrected chi connectivity index (χ0v) is 14.0. The van der Waals surface area contributed by atoms with Crippen LogP contribution in [0.4, 0.5) is 5.69 Å². The van der Waals surface area contributed by atoms with E-state index in [1.165, 1.54) is 0 Å². The molecule has 0 unspecified atom stereocenters. The summed E-state index contributed by atoms with van der Waals surface area (Å²) in [7, 11) is 0. The molecule has 6 heteroatoms. The highest BCUT2D eigenvalue weighted by atomic mass is 32.2. The molecule has 2 aromatic rings. The molecule has 0 spiro atoms. The van der Waals surface area contributed by atoms with Gasteiger partial charge in [0.25, 0.3) is 5.91 Å². The van der Waals surface area contributed by atoms with Crippen molar-refractivity contribution in [1.29, 1.82) is 0 Å². The van der Waals surface area contributed by atoms with E-state index < -0.39 is 0 Å². The van der Waals surface area contributed by atoms with Crippen molar-refractivity contribution in [3.05, 3.63) is 54.6 Å². The smallest absolute Gasteiger partial charge is 0.278 e. The summed E-state index contributed by atoms with van der Waals surface area (Å²) in [5, 5.41) is 7.65. The van der Waals surface area contributed by atoms with Crippen molar-refractivity contribution < 1.29 is 14.9 Å². The lowest BCUT2D eigenvalue weighted by Gasteiger charge is -2.20. The lowest BCUT2D eigenvalue weighted by molar-refractivity contribution is -0.678. The van der Waals surface area contributed by atoms with Crippen LogP contribution < -0.4 is 16.0 Å². The van der Waals surface area contributed by atoms with Gasteiger partial charge >= 0.3 is 0 Å². The molecule has 0 saturated carbocycles. The van der Waals surface area contributed by atoms with Crippen LogP contribution in [0.25, 0.3) is 0 Å². The van der Waals surface area contributed by atoms with Crippen LogP contribution in [0.1, 0.15) is 6.42 Å². The van der Waals surface area contributed by atoms with Crippen LogP contribution in [-0.4, -0.2) is 30.9 Å². The normalized spacial score (nSPS) is 17.2. The van der Waals surface area contributed by atoms with Gasteiger partial charge in [-0.25, -0.2) is 0 Å². The summed E-state index contributed by atoms with van der Waals surface area (Å²) < 4.78 is 0. The Morgan fingerprint density at radius 3 is 2.71 bits per heavy atom. The fourth-order valence-corrected chi connectivity index (χ4v) is 3.49. The molecule has 1 aliphatic heterocycles. The summed E-state index contributed by atoms with van der Waals surface area (Å²) in [6.07, 6.45) is 0.177. The van der Waals surface area contributed by atoms with Gasteiger partial charge in [0.05, 0.1) is 25.2 Å². The highest BCUT2D eigenvalue weighted by molar-refractivity contribution is 7.99. The Morgan fingerprint density at radius 2 is 1.92 bits per heavy atom. The number of para-hydroxylation sites is 1. The molecule has 4 N–H and O–H groups in total. The number of nitrogens with one attached hydrogen (secondary N) is 2. The average molecular weight is 342 g/mol. The summed E-state index contributed by atoms with van der Waals surface area (Å²) in [5.41, 5.74) is 0.771. The van der Waals surface area contributed by atoms with E-state index in [0.29, 0.717) is 6.54 Å². The summed E-state index contributed by atoms with van der Waals surface area (Å²) in [6, 6.07) is 17.4. The van der Waals surface area contributed by atoms with Crippen molar-refractivity contribution in [1.82, 2.24) is 5.32 Å². The van der Waals surface area contributed by atoms with Gasteiger partial charge in [0, 0.05) is 9.79 Å². The molecule has 1 atom stereocenters. The lowest BCUT2D eigenvalue weighted by Crippen LogP contribution is -2.96. The van der Waals surface area contributed by atoms with Crippen molar-refractivity contribution in [3.8, 4) is 0 Å². The van der Waals surface area contributed by atoms with E-state index in [2.05, 4.69) is 10.6 Å². The summed E-state index contributed by atoms with van der Waals surface area (Å²) in [4.78, 5) is 26.2. The third-order valence-electron chi connectivity index (χ3n) is 3.77. The van der Waals surface area contributed by atoms with Crippen molar-refractivity contribution in [2.24, 2.45) is 0 Å². The predicted molar refractivity (Wildman–Crippen MR) is 93.8 cm³/mol. The van der Waals surface area contributed by atoms with Crippen LogP contribution in [0, 0.1) is 0 Å². The highest BCUT2D eigenvalue weighted by Crippen LogP contribution is 2.33. The number of benzene rings is 2. The van der Waals surface area contributed by atoms with E-state index in [1.807, 2.05) is 59.9 Å². The number of amides is 2. The van der Waals surface area contributed by atoms with E-state index >= 15 is 0 Å². The topological polar surface area (TPSA) is 74.8 Å². The van der Waals surface area contributed by atoms with Crippen LogP contribution in [0.15, 0.2) is 64.4 Å². The second-order valence-electron chi connectivity index (χ2n) is 5.59. The molecule has 2 amide bonds. The van der Waals surface area contributed by atoms with Gasteiger partial charge in [-0.2, -0.15) is 0 Å². The molecule has 5 nitrogen and oxygen atoms in total. The van der Waals surface area contributed by atoms with Gasteiger partial charge in [0.1, 0.15) is 0 Å². The van der Waals surface area contributed by atoms with Crippen molar-refractivity contribution in [3.63, 3.8) is 0 Å². The quantitative estimate of drug-likeness (QED) is 0.765. The van der Waals surface area contributed by atoms with Gasteiger partial charge in [-0.15, -0.1) is 0 Å².